The summed E-state index contributed by atoms with van der Waals surface area (Å²) in [5, 5.41) is 13.7. The third kappa shape index (κ3) is 7.50. The van der Waals surface area contributed by atoms with E-state index in [2.05, 4.69) is 28.5 Å². The van der Waals surface area contributed by atoms with Crippen molar-refractivity contribution in [2.24, 2.45) is 5.34 Å². The van der Waals surface area contributed by atoms with E-state index < -0.39 is 0 Å². The summed E-state index contributed by atoms with van der Waals surface area (Å²) >= 11 is 0. The molecule has 0 saturated carbocycles. The Bertz CT molecular complexity index is 179. The van der Waals surface area contributed by atoms with Crippen molar-refractivity contribution in [2.75, 3.05) is 6.54 Å². The summed E-state index contributed by atoms with van der Waals surface area (Å²) in [4.78, 5) is 14.5. The molecule has 80 valence electrons. The van der Waals surface area contributed by atoms with Crippen molar-refractivity contribution in [1.29, 1.82) is 5.26 Å². The van der Waals surface area contributed by atoms with Gasteiger partial charge in [0.2, 0.25) is 0 Å². The van der Waals surface area contributed by atoms with E-state index in [1.807, 2.05) is 0 Å². The van der Waals surface area contributed by atoms with Gasteiger partial charge < -0.3 is 4.84 Å². The highest BCUT2D eigenvalue weighted by molar-refractivity contribution is 4.69. The first-order valence-corrected chi connectivity index (χ1v) is 4.94. The van der Waals surface area contributed by atoms with Crippen LogP contribution >= 0.6 is 0 Å². The first-order valence-electron chi connectivity index (χ1n) is 4.94. The van der Waals surface area contributed by atoms with Gasteiger partial charge in [-0.15, -0.1) is 4.91 Å². The number of hydrogen-bond acceptors (Lipinski definition) is 5. The third-order valence-corrected chi connectivity index (χ3v) is 1.83. The highest BCUT2D eigenvalue weighted by atomic mass is 16.7. The fourth-order valence-corrected chi connectivity index (χ4v) is 1.06. The van der Waals surface area contributed by atoms with Crippen LogP contribution in [0.15, 0.2) is 5.34 Å². The molecule has 1 N–H and O–H groups in total. The molecule has 0 aliphatic heterocycles. The van der Waals surface area contributed by atoms with Crippen molar-refractivity contribution in [3.63, 3.8) is 0 Å². The van der Waals surface area contributed by atoms with Crippen LogP contribution in [0, 0.1) is 16.2 Å². The Balaban J connectivity index is 3.51. The summed E-state index contributed by atoms with van der Waals surface area (Å²) in [6.45, 7) is 2.75. The zero-order valence-corrected chi connectivity index (χ0v) is 8.53. The Morgan fingerprint density at radius 3 is 2.93 bits per heavy atom. The SMILES string of the molecule is CCCCC(NCCCC#N)ON=O. The Morgan fingerprint density at radius 2 is 2.36 bits per heavy atom. The lowest BCUT2D eigenvalue weighted by molar-refractivity contribution is 0.0237. The summed E-state index contributed by atoms with van der Waals surface area (Å²) in [5.41, 5.74) is 0. The smallest absolute Gasteiger partial charge is 0.182 e. The predicted molar refractivity (Wildman–Crippen MR) is 53.0 cm³/mol. The lowest BCUT2D eigenvalue weighted by atomic mass is 10.2. The molecule has 0 bridgehead atoms. The van der Waals surface area contributed by atoms with E-state index in [1.165, 1.54) is 0 Å². The second-order valence-corrected chi connectivity index (χ2v) is 3.03. The lowest BCUT2D eigenvalue weighted by Crippen LogP contribution is -2.31. The predicted octanol–water partition coefficient (Wildman–Crippen LogP) is 2.09. The molecular formula is C9H17N3O2. The largest absolute Gasteiger partial charge is 0.345 e. The summed E-state index contributed by atoms with van der Waals surface area (Å²) in [6.07, 6.45) is 3.80. The number of nitrogens with zero attached hydrogens (tertiary/aromatic N) is 2. The van der Waals surface area contributed by atoms with Crippen molar-refractivity contribution in [1.82, 2.24) is 5.32 Å². The summed E-state index contributed by atoms with van der Waals surface area (Å²) < 4.78 is 0. The number of nitriles is 1. The zero-order valence-electron chi connectivity index (χ0n) is 8.53. The maximum Gasteiger partial charge on any atom is 0.182 e. The maximum atomic E-state index is 9.90. The topological polar surface area (TPSA) is 74.5 Å². The minimum absolute atomic E-state index is 0.300. The van der Waals surface area contributed by atoms with E-state index in [0.717, 1.165) is 25.7 Å². The summed E-state index contributed by atoms with van der Waals surface area (Å²) in [7, 11) is 0. The van der Waals surface area contributed by atoms with Crippen LogP contribution < -0.4 is 5.32 Å². The van der Waals surface area contributed by atoms with Gasteiger partial charge in [-0.2, -0.15) is 5.26 Å². The fraction of sp³-hybridized carbons (Fsp3) is 0.889. The minimum Gasteiger partial charge on any atom is -0.345 e. The molecular weight excluding hydrogens is 182 g/mol. The van der Waals surface area contributed by atoms with Gasteiger partial charge in [-0.1, -0.05) is 13.3 Å². The van der Waals surface area contributed by atoms with Crippen LogP contribution in [0.5, 0.6) is 0 Å². The second-order valence-electron chi connectivity index (χ2n) is 3.03. The molecule has 14 heavy (non-hydrogen) atoms. The molecule has 0 aliphatic carbocycles. The van der Waals surface area contributed by atoms with E-state index in [1.54, 1.807) is 0 Å². The van der Waals surface area contributed by atoms with Gasteiger partial charge in [-0.3, -0.25) is 5.32 Å². The number of unbranched alkanes of at least 4 members (excludes halogenated alkanes) is 2. The highest BCUT2D eigenvalue weighted by Gasteiger charge is 2.07. The van der Waals surface area contributed by atoms with Gasteiger partial charge >= 0.3 is 0 Å². The first-order chi connectivity index (χ1) is 6.85. The Kier molecular flexibility index (Phi) is 9.12. The second kappa shape index (κ2) is 9.93. The minimum atomic E-state index is -0.300. The molecule has 0 spiro atoms. The molecule has 0 fully saturated rings. The molecule has 0 aromatic carbocycles. The van der Waals surface area contributed by atoms with Crippen molar-refractivity contribution < 1.29 is 4.84 Å². The summed E-state index contributed by atoms with van der Waals surface area (Å²) in [6, 6.07) is 2.05. The Morgan fingerprint density at radius 1 is 1.57 bits per heavy atom. The Labute approximate surface area is 84.4 Å². The molecule has 0 rings (SSSR count). The molecule has 0 aromatic heterocycles. The van der Waals surface area contributed by atoms with Gasteiger partial charge in [0.1, 0.15) is 0 Å². The van der Waals surface area contributed by atoms with Crippen molar-refractivity contribution >= 4 is 0 Å². The van der Waals surface area contributed by atoms with Crippen LogP contribution in [0.3, 0.4) is 0 Å². The number of hydrogen-bond donors (Lipinski definition) is 1. The van der Waals surface area contributed by atoms with Gasteiger partial charge in [-0.25, -0.2) is 0 Å². The monoisotopic (exact) mass is 199 g/mol. The van der Waals surface area contributed by atoms with Crippen molar-refractivity contribution in [3.8, 4) is 6.07 Å². The number of nitrogens with one attached hydrogen (secondary N) is 1. The number of rotatable bonds is 9. The standard InChI is InChI=1S/C9H17N3O2/c1-2-3-6-9(14-12-13)11-8-5-4-7-10/h9,11H,2-6,8H2,1H3. The quantitative estimate of drug-likeness (QED) is 0.267. The zero-order chi connectivity index (χ0) is 10.6. The van der Waals surface area contributed by atoms with Crippen LogP contribution in [0.4, 0.5) is 0 Å². The summed E-state index contributed by atoms with van der Waals surface area (Å²) in [5.74, 6) is 0. The third-order valence-electron chi connectivity index (χ3n) is 1.83. The lowest BCUT2D eigenvalue weighted by Gasteiger charge is -2.13. The molecule has 0 aliphatic rings. The normalized spacial score (nSPS) is 11.7. The van der Waals surface area contributed by atoms with E-state index in [-0.39, 0.29) is 6.23 Å². The molecule has 0 saturated heterocycles. The van der Waals surface area contributed by atoms with Crippen LogP contribution in [0.25, 0.3) is 0 Å². The van der Waals surface area contributed by atoms with Gasteiger partial charge in [0.05, 0.1) is 6.07 Å². The Hall–Kier alpha value is -1.15. The molecule has 5 nitrogen and oxygen atoms in total. The van der Waals surface area contributed by atoms with Crippen molar-refractivity contribution in [2.45, 2.75) is 45.3 Å². The van der Waals surface area contributed by atoms with Crippen molar-refractivity contribution in [3.05, 3.63) is 4.91 Å². The van der Waals surface area contributed by atoms with Crippen LogP contribution in [0.2, 0.25) is 0 Å². The molecule has 0 amide bonds. The molecule has 1 unspecified atom stereocenters. The molecule has 0 radical (unpaired) electrons. The van der Waals surface area contributed by atoms with Gasteiger partial charge in [0, 0.05) is 12.8 Å². The fourth-order valence-electron chi connectivity index (χ4n) is 1.06. The molecule has 1 atom stereocenters. The van der Waals surface area contributed by atoms with E-state index >= 15 is 0 Å². The van der Waals surface area contributed by atoms with E-state index in [9.17, 15) is 4.91 Å². The molecule has 0 heterocycles. The average Bonchev–Trinajstić information content (AvgIpc) is 2.20. The van der Waals surface area contributed by atoms with Gasteiger partial charge in [-0.05, 0) is 19.4 Å². The van der Waals surface area contributed by atoms with Crippen LogP contribution in [-0.2, 0) is 4.84 Å². The van der Waals surface area contributed by atoms with Crippen LogP contribution in [-0.4, -0.2) is 12.8 Å². The van der Waals surface area contributed by atoms with Crippen LogP contribution in [0.1, 0.15) is 39.0 Å². The van der Waals surface area contributed by atoms with E-state index in [4.69, 9.17) is 5.26 Å². The highest BCUT2D eigenvalue weighted by Crippen LogP contribution is 2.02. The van der Waals surface area contributed by atoms with E-state index in [0.29, 0.717) is 13.0 Å². The maximum absolute atomic E-state index is 9.90. The first kappa shape index (κ1) is 12.8. The van der Waals surface area contributed by atoms with Gasteiger partial charge in [0.25, 0.3) is 0 Å². The molecule has 0 aromatic rings. The van der Waals surface area contributed by atoms with Gasteiger partial charge in [0.15, 0.2) is 11.6 Å². The average molecular weight is 199 g/mol. The molecule has 5 heteroatoms.